The number of para-hydroxylation sites is 1. The van der Waals surface area contributed by atoms with Crippen LogP contribution in [-0.4, -0.2) is 51.0 Å². The van der Waals surface area contributed by atoms with Gasteiger partial charge in [0.05, 0.1) is 12.1 Å². The summed E-state index contributed by atoms with van der Waals surface area (Å²) in [5, 5.41) is 13.5. The van der Waals surface area contributed by atoms with E-state index < -0.39 is 61.6 Å². The van der Waals surface area contributed by atoms with E-state index in [9.17, 15) is 24.1 Å². The van der Waals surface area contributed by atoms with Crippen LogP contribution in [0.5, 0.6) is 5.75 Å². The zero-order valence-corrected chi connectivity index (χ0v) is 22.7. The van der Waals surface area contributed by atoms with Crippen molar-refractivity contribution >= 4 is 13.7 Å². The Kier molecular flexibility index (Phi) is 9.04. The second-order valence-electron chi connectivity index (χ2n) is 9.50. The molecule has 2 aromatic carbocycles. The second-order valence-corrected chi connectivity index (χ2v) is 11.2. The number of aromatic nitrogens is 2. The molecule has 6 atom stereocenters. The van der Waals surface area contributed by atoms with E-state index in [2.05, 4.69) is 10.1 Å². The highest BCUT2D eigenvalue weighted by Gasteiger charge is 2.52. The number of nitrogens with two attached hydrogens (primary N) is 1. The van der Waals surface area contributed by atoms with Crippen LogP contribution < -0.4 is 26.6 Å². The van der Waals surface area contributed by atoms with Crippen molar-refractivity contribution in [1.29, 1.82) is 0 Å². The molecule has 0 bridgehead atoms. The van der Waals surface area contributed by atoms with Crippen molar-refractivity contribution in [1.82, 2.24) is 14.6 Å². The van der Waals surface area contributed by atoms with Gasteiger partial charge in [-0.2, -0.15) is 5.09 Å². The van der Waals surface area contributed by atoms with Crippen molar-refractivity contribution in [3.05, 3.63) is 99.3 Å². The normalized spacial score (nSPS) is 24.6. The molecule has 40 heavy (non-hydrogen) atoms. The number of hydrogen-bond acceptors (Lipinski definition) is 10. The van der Waals surface area contributed by atoms with E-state index in [4.69, 9.17) is 24.3 Å². The van der Waals surface area contributed by atoms with E-state index >= 15 is 0 Å². The standard InChI is InChI=1S/C26H31N4O9P/c1-17(23(33)36-15-18-9-5-3-6-10-18)29-40(35,39-19-11-7-4-8-12-19)37-16-20-22(32)26(2,27)24(38-20)30-14-13-21(31)28-25(30)34/h3-14,17,20,22,24,32H,15-16,27H2,1-2H3,(H,29,35)(H,28,31,34)/t17-,20-,22-,24?,26-,40?/m1/s1. The molecule has 1 aliphatic rings. The van der Waals surface area contributed by atoms with Gasteiger partial charge in [-0.05, 0) is 31.5 Å². The van der Waals surface area contributed by atoms with E-state index in [-0.39, 0.29) is 12.4 Å². The maximum atomic E-state index is 13.8. The highest BCUT2D eigenvalue weighted by atomic mass is 31.2. The number of ether oxygens (including phenoxy) is 2. The summed E-state index contributed by atoms with van der Waals surface area (Å²) in [7, 11) is -4.27. The molecule has 5 N–H and O–H groups in total. The van der Waals surface area contributed by atoms with Gasteiger partial charge in [0.15, 0.2) is 6.23 Å². The van der Waals surface area contributed by atoms with Gasteiger partial charge in [-0.15, -0.1) is 0 Å². The Morgan fingerprint density at radius 1 is 1.18 bits per heavy atom. The van der Waals surface area contributed by atoms with Gasteiger partial charge in [0, 0.05) is 12.3 Å². The number of H-pyrrole nitrogens is 1. The maximum absolute atomic E-state index is 13.8. The summed E-state index contributed by atoms with van der Waals surface area (Å²) in [6.07, 6.45) is -2.53. The molecular formula is C26H31N4O9P. The molecule has 0 radical (unpaired) electrons. The molecule has 2 unspecified atom stereocenters. The fraction of sp³-hybridized carbons (Fsp3) is 0.346. The Morgan fingerprint density at radius 2 is 1.82 bits per heavy atom. The van der Waals surface area contributed by atoms with Gasteiger partial charge in [0.2, 0.25) is 0 Å². The van der Waals surface area contributed by atoms with Crippen LogP contribution in [-0.2, 0) is 30.0 Å². The number of aliphatic hydroxyl groups is 1. The summed E-state index contributed by atoms with van der Waals surface area (Å²) in [5.74, 6) is -0.508. The Hall–Kier alpha value is -3.58. The fourth-order valence-electron chi connectivity index (χ4n) is 4.07. The number of hydrogen-bond donors (Lipinski definition) is 4. The molecule has 0 amide bonds. The number of carbonyl (C=O) groups excluding carboxylic acids is 1. The summed E-state index contributed by atoms with van der Waals surface area (Å²) in [6, 6.07) is 17.2. The first-order valence-corrected chi connectivity index (χ1v) is 13.9. The number of rotatable bonds is 11. The highest BCUT2D eigenvalue weighted by molar-refractivity contribution is 7.52. The molecule has 0 spiro atoms. The van der Waals surface area contributed by atoms with E-state index in [1.165, 1.54) is 20.0 Å². The number of aliphatic hydroxyl groups excluding tert-OH is 1. The fourth-order valence-corrected chi connectivity index (χ4v) is 5.57. The van der Waals surface area contributed by atoms with Gasteiger partial charge in [-0.3, -0.25) is 23.7 Å². The molecule has 13 nitrogen and oxygen atoms in total. The lowest BCUT2D eigenvalue weighted by molar-refractivity contribution is -0.146. The van der Waals surface area contributed by atoms with Gasteiger partial charge < -0.3 is 24.8 Å². The van der Waals surface area contributed by atoms with Gasteiger partial charge in [-0.25, -0.2) is 9.36 Å². The average Bonchev–Trinajstić information content (AvgIpc) is 3.15. The van der Waals surface area contributed by atoms with Crippen LogP contribution in [0.4, 0.5) is 0 Å². The minimum Gasteiger partial charge on any atom is -0.460 e. The predicted molar refractivity (Wildman–Crippen MR) is 143 cm³/mol. The lowest BCUT2D eigenvalue weighted by Crippen LogP contribution is -2.53. The van der Waals surface area contributed by atoms with Gasteiger partial charge in [-0.1, -0.05) is 48.5 Å². The molecule has 3 aromatic rings. The van der Waals surface area contributed by atoms with Crippen LogP contribution in [0.1, 0.15) is 25.6 Å². The second kappa shape index (κ2) is 12.3. The molecule has 1 saturated heterocycles. The monoisotopic (exact) mass is 574 g/mol. The molecular weight excluding hydrogens is 543 g/mol. The van der Waals surface area contributed by atoms with Crippen LogP contribution in [0.2, 0.25) is 0 Å². The lowest BCUT2D eigenvalue weighted by Gasteiger charge is -2.28. The van der Waals surface area contributed by atoms with E-state index in [0.717, 1.165) is 16.2 Å². The molecule has 4 rings (SSSR count). The summed E-state index contributed by atoms with van der Waals surface area (Å²) >= 11 is 0. The molecule has 1 aliphatic heterocycles. The van der Waals surface area contributed by atoms with Crippen molar-refractivity contribution in [2.75, 3.05) is 6.61 Å². The zero-order valence-electron chi connectivity index (χ0n) is 21.8. The van der Waals surface area contributed by atoms with Crippen molar-refractivity contribution < 1.29 is 33.0 Å². The molecule has 14 heteroatoms. The first kappa shape index (κ1) is 29.4. The number of benzene rings is 2. The first-order chi connectivity index (χ1) is 19.0. The molecule has 1 aromatic heterocycles. The highest BCUT2D eigenvalue weighted by Crippen LogP contribution is 2.46. The molecule has 214 valence electrons. The van der Waals surface area contributed by atoms with Gasteiger partial charge in [0.1, 0.15) is 30.6 Å². The van der Waals surface area contributed by atoms with Gasteiger partial charge >= 0.3 is 19.4 Å². The van der Waals surface area contributed by atoms with Crippen molar-refractivity contribution in [2.45, 2.75) is 50.5 Å². The Bertz CT molecular complexity index is 1460. The van der Waals surface area contributed by atoms with Crippen molar-refractivity contribution in [3.63, 3.8) is 0 Å². The number of nitrogens with one attached hydrogen (secondary N) is 2. The van der Waals surface area contributed by atoms with E-state index in [0.29, 0.717) is 0 Å². The summed E-state index contributed by atoms with van der Waals surface area (Å²) in [4.78, 5) is 38.5. The molecule has 0 aliphatic carbocycles. The number of carbonyl (C=O) groups is 1. The van der Waals surface area contributed by atoms with E-state index in [1.54, 1.807) is 42.5 Å². The summed E-state index contributed by atoms with van der Waals surface area (Å²) < 4.78 is 37.2. The topological polar surface area (TPSA) is 184 Å². The largest absolute Gasteiger partial charge is 0.460 e. The van der Waals surface area contributed by atoms with Crippen molar-refractivity contribution in [2.24, 2.45) is 5.73 Å². The molecule has 2 heterocycles. The third-order valence-corrected chi connectivity index (χ3v) is 7.88. The molecule has 0 saturated carbocycles. The minimum atomic E-state index is -4.27. The van der Waals surface area contributed by atoms with Crippen LogP contribution in [0.25, 0.3) is 0 Å². The van der Waals surface area contributed by atoms with Crippen LogP contribution in [0, 0.1) is 0 Å². The molecule has 1 fully saturated rings. The van der Waals surface area contributed by atoms with E-state index in [1.807, 2.05) is 18.2 Å². The number of nitrogens with zero attached hydrogens (tertiary/aromatic N) is 1. The Labute approximate surface area is 229 Å². The lowest BCUT2D eigenvalue weighted by atomic mass is 9.93. The first-order valence-electron chi connectivity index (χ1n) is 12.4. The number of esters is 1. The Morgan fingerprint density at radius 3 is 2.48 bits per heavy atom. The third kappa shape index (κ3) is 6.94. The number of aromatic amines is 1. The van der Waals surface area contributed by atoms with Crippen LogP contribution >= 0.6 is 7.75 Å². The zero-order chi connectivity index (χ0) is 28.9. The van der Waals surface area contributed by atoms with Crippen LogP contribution in [0.3, 0.4) is 0 Å². The predicted octanol–water partition coefficient (Wildman–Crippen LogP) is 1.44. The minimum absolute atomic E-state index is 0.0130. The quantitative estimate of drug-likeness (QED) is 0.192. The average molecular weight is 575 g/mol. The maximum Gasteiger partial charge on any atom is 0.459 e. The Balaban J connectivity index is 1.48. The van der Waals surface area contributed by atoms with Crippen molar-refractivity contribution in [3.8, 4) is 5.75 Å². The summed E-state index contributed by atoms with van der Waals surface area (Å²) in [6.45, 7) is 2.42. The smallest absolute Gasteiger partial charge is 0.459 e. The third-order valence-electron chi connectivity index (χ3n) is 6.24. The SMILES string of the molecule is C[C@@H](NP(=O)(OC[C@H]1OC(n2ccc(=O)[nH]c2=O)[C@](C)(N)[C@@H]1O)Oc1ccccc1)C(=O)OCc1ccccc1. The summed E-state index contributed by atoms with van der Waals surface area (Å²) in [5.41, 5.74) is 4.18. The van der Waals surface area contributed by atoms with Gasteiger partial charge in [0.25, 0.3) is 5.56 Å². The van der Waals surface area contributed by atoms with Crippen LogP contribution in [0.15, 0.2) is 82.5 Å².